The van der Waals surface area contributed by atoms with Crippen molar-refractivity contribution in [3.63, 3.8) is 0 Å². The van der Waals surface area contributed by atoms with E-state index in [-0.39, 0.29) is 18.8 Å². The molecule has 2 aromatic rings. The summed E-state index contributed by atoms with van der Waals surface area (Å²) >= 11 is 0. The predicted octanol–water partition coefficient (Wildman–Crippen LogP) is 2.23. The SMILES string of the molecule is CN(Cc1ccc(OCC(=O)Nc2ccccc2F)cc1)S(C)(=O)=O. The van der Waals surface area contributed by atoms with E-state index >= 15 is 0 Å². The normalized spacial score (nSPS) is 11.4. The number of nitrogens with one attached hydrogen (secondary N) is 1. The monoisotopic (exact) mass is 366 g/mol. The number of hydrogen-bond donors (Lipinski definition) is 1. The molecular weight excluding hydrogens is 347 g/mol. The average Bonchev–Trinajstić information content (AvgIpc) is 2.55. The predicted molar refractivity (Wildman–Crippen MR) is 93.3 cm³/mol. The van der Waals surface area contributed by atoms with Gasteiger partial charge in [0.1, 0.15) is 11.6 Å². The molecule has 0 aliphatic carbocycles. The molecule has 134 valence electrons. The van der Waals surface area contributed by atoms with E-state index in [2.05, 4.69) is 5.32 Å². The number of ether oxygens (including phenoxy) is 1. The van der Waals surface area contributed by atoms with Crippen molar-refractivity contribution in [3.05, 3.63) is 59.9 Å². The highest BCUT2D eigenvalue weighted by Gasteiger charge is 2.11. The van der Waals surface area contributed by atoms with Gasteiger partial charge in [0.2, 0.25) is 10.0 Å². The van der Waals surface area contributed by atoms with E-state index < -0.39 is 21.7 Å². The van der Waals surface area contributed by atoms with Crippen LogP contribution in [0.3, 0.4) is 0 Å². The van der Waals surface area contributed by atoms with Gasteiger partial charge >= 0.3 is 0 Å². The maximum atomic E-state index is 13.4. The van der Waals surface area contributed by atoms with Gasteiger partial charge in [0.25, 0.3) is 5.91 Å². The van der Waals surface area contributed by atoms with Crippen LogP contribution in [0.15, 0.2) is 48.5 Å². The third-order valence-corrected chi connectivity index (χ3v) is 4.67. The van der Waals surface area contributed by atoms with Gasteiger partial charge in [-0.3, -0.25) is 4.79 Å². The third kappa shape index (κ3) is 5.84. The molecule has 1 N–H and O–H groups in total. The second kappa shape index (κ2) is 8.09. The lowest BCUT2D eigenvalue weighted by atomic mass is 10.2. The number of carbonyl (C=O) groups is 1. The first-order valence-corrected chi connectivity index (χ1v) is 9.28. The van der Waals surface area contributed by atoms with Crippen molar-refractivity contribution in [2.75, 3.05) is 25.2 Å². The summed E-state index contributed by atoms with van der Waals surface area (Å²) in [6, 6.07) is 12.6. The van der Waals surface area contributed by atoms with Gasteiger partial charge in [-0.1, -0.05) is 24.3 Å². The largest absolute Gasteiger partial charge is 0.484 e. The molecule has 0 saturated heterocycles. The lowest BCUT2D eigenvalue weighted by Gasteiger charge is -2.14. The van der Waals surface area contributed by atoms with Crippen molar-refractivity contribution < 1.29 is 22.3 Å². The molecule has 0 aliphatic rings. The number of carbonyl (C=O) groups excluding carboxylic acids is 1. The fraction of sp³-hybridized carbons (Fsp3) is 0.235. The number of para-hydroxylation sites is 1. The van der Waals surface area contributed by atoms with Crippen LogP contribution < -0.4 is 10.1 Å². The molecule has 0 atom stereocenters. The van der Waals surface area contributed by atoms with Gasteiger partial charge in [-0.05, 0) is 29.8 Å². The molecule has 0 spiro atoms. The maximum absolute atomic E-state index is 13.4. The summed E-state index contributed by atoms with van der Waals surface area (Å²) in [6.45, 7) is -0.0240. The molecule has 0 unspecified atom stereocenters. The van der Waals surface area contributed by atoms with Crippen molar-refractivity contribution in [1.82, 2.24) is 4.31 Å². The van der Waals surface area contributed by atoms with Gasteiger partial charge in [-0.15, -0.1) is 0 Å². The van der Waals surface area contributed by atoms with E-state index in [1.807, 2.05) is 0 Å². The Morgan fingerprint density at radius 1 is 1.16 bits per heavy atom. The van der Waals surface area contributed by atoms with E-state index in [0.717, 1.165) is 11.8 Å². The van der Waals surface area contributed by atoms with E-state index in [9.17, 15) is 17.6 Å². The number of rotatable bonds is 7. The zero-order valence-electron chi connectivity index (χ0n) is 13.9. The highest BCUT2D eigenvalue weighted by molar-refractivity contribution is 7.88. The van der Waals surface area contributed by atoms with Crippen LogP contribution in [-0.2, 0) is 21.4 Å². The Morgan fingerprint density at radius 3 is 2.40 bits per heavy atom. The van der Waals surface area contributed by atoms with Crippen LogP contribution in [0, 0.1) is 5.82 Å². The zero-order chi connectivity index (χ0) is 18.4. The minimum Gasteiger partial charge on any atom is -0.484 e. The molecular formula is C17H19FN2O4S. The molecule has 8 heteroatoms. The number of benzene rings is 2. The van der Waals surface area contributed by atoms with E-state index in [1.54, 1.807) is 30.3 Å². The molecule has 0 aromatic heterocycles. The van der Waals surface area contributed by atoms with E-state index in [4.69, 9.17) is 4.74 Å². The Morgan fingerprint density at radius 2 is 1.80 bits per heavy atom. The minimum atomic E-state index is -3.25. The summed E-state index contributed by atoms with van der Waals surface area (Å²) in [5.41, 5.74) is 0.881. The molecule has 0 bridgehead atoms. The van der Waals surface area contributed by atoms with Crippen molar-refractivity contribution >= 4 is 21.6 Å². The van der Waals surface area contributed by atoms with Crippen LogP contribution in [0.5, 0.6) is 5.75 Å². The topological polar surface area (TPSA) is 75.7 Å². The highest BCUT2D eigenvalue weighted by Crippen LogP contribution is 2.15. The maximum Gasteiger partial charge on any atom is 0.262 e. The first-order chi connectivity index (χ1) is 11.8. The summed E-state index contributed by atoms with van der Waals surface area (Å²) in [6.07, 6.45) is 1.14. The second-order valence-electron chi connectivity index (χ2n) is 5.48. The molecule has 0 radical (unpaired) electrons. The van der Waals surface area contributed by atoms with Gasteiger partial charge in [0.05, 0.1) is 11.9 Å². The molecule has 0 aliphatic heterocycles. The zero-order valence-corrected chi connectivity index (χ0v) is 14.7. The Labute approximate surface area is 146 Å². The van der Waals surface area contributed by atoms with Crippen molar-refractivity contribution in [3.8, 4) is 5.75 Å². The van der Waals surface area contributed by atoms with Crippen LogP contribution in [0.2, 0.25) is 0 Å². The average molecular weight is 366 g/mol. The van der Waals surface area contributed by atoms with Crippen molar-refractivity contribution in [2.24, 2.45) is 0 Å². The number of halogens is 1. The Kier molecular flexibility index (Phi) is 6.11. The molecule has 0 heterocycles. The lowest BCUT2D eigenvalue weighted by molar-refractivity contribution is -0.118. The lowest BCUT2D eigenvalue weighted by Crippen LogP contribution is -2.24. The van der Waals surface area contributed by atoms with Crippen LogP contribution >= 0.6 is 0 Å². The van der Waals surface area contributed by atoms with Crippen LogP contribution in [0.1, 0.15) is 5.56 Å². The quantitative estimate of drug-likeness (QED) is 0.815. The molecule has 1 amide bonds. The second-order valence-corrected chi connectivity index (χ2v) is 7.57. The Bertz CT molecular complexity index is 838. The van der Waals surface area contributed by atoms with Gasteiger partial charge in [0, 0.05) is 13.6 Å². The molecule has 2 rings (SSSR count). The third-order valence-electron chi connectivity index (χ3n) is 3.41. The van der Waals surface area contributed by atoms with Gasteiger partial charge in [-0.25, -0.2) is 17.1 Å². The molecule has 0 fully saturated rings. The summed E-state index contributed by atoms with van der Waals surface area (Å²) in [5, 5.41) is 2.42. The summed E-state index contributed by atoms with van der Waals surface area (Å²) in [4.78, 5) is 11.8. The highest BCUT2D eigenvalue weighted by atomic mass is 32.2. The number of amides is 1. The first-order valence-electron chi connectivity index (χ1n) is 7.43. The fourth-order valence-corrected chi connectivity index (χ4v) is 2.35. The van der Waals surface area contributed by atoms with Gasteiger partial charge < -0.3 is 10.1 Å². The number of sulfonamides is 1. The molecule has 2 aromatic carbocycles. The summed E-state index contributed by atoms with van der Waals surface area (Å²) in [7, 11) is -1.75. The van der Waals surface area contributed by atoms with Gasteiger partial charge in [-0.2, -0.15) is 0 Å². The van der Waals surface area contributed by atoms with E-state index in [0.29, 0.717) is 5.75 Å². The smallest absolute Gasteiger partial charge is 0.262 e. The fourth-order valence-electron chi connectivity index (χ4n) is 1.96. The molecule has 6 nitrogen and oxygen atoms in total. The molecule has 0 saturated carbocycles. The van der Waals surface area contributed by atoms with E-state index in [1.165, 1.54) is 29.6 Å². The van der Waals surface area contributed by atoms with Crippen LogP contribution in [0.25, 0.3) is 0 Å². The van der Waals surface area contributed by atoms with Crippen molar-refractivity contribution in [1.29, 1.82) is 0 Å². The molecule has 25 heavy (non-hydrogen) atoms. The Balaban J connectivity index is 1.87. The number of nitrogens with zero attached hydrogens (tertiary/aromatic N) is 1. The standard InChI is InChI=1S/C17H19FN2O4S/c1-20(25(2,22)23)11-13-7-9-14(10-8-13)24-12-17(21)19-16-6-4-3-5-15(16)18/h3-10H,11-12H2,1-2H3,(H,19,21). The Hall–Kier alpha value is -2.45. The summed E-state index contributed by atoms with van der Waals surface area (Å²) < 4.78 is 42.8. The van der Waals surface area contributed by atoms with Crippen LogP contribution in [0.4, 0.5) is 10.1 Å². The number of anilines is 1. The minimum absolute atomic E-state index is 0.0928. The van der Waals surface area contributed by atoms with Crippen molar-refractivity contribution in [2.45, 2.75) is 6.54 Å². The summed E-state index contributed by atoms with van der Waals surface area (Å²) in [5.74, 6) is -0.546. The number of hydrogen-bond acceptors (Lipinski definition) is 4. The van der Waals surface area contributed by atoms with Crippen LogP contribution in [-0.4, -0.2) is 38.5 Å². The first kappa shape index (κ1) is 18.9. The van der Waals surface area contributed by atoms with Gasteiger partial charge in [0.15, 0.2) is 6.61 Å².